The van der Waals surface area contributed by atoms with Crippen LogP contribution in [0.3, 0.4) is 0 Å². The van der Waals surface area contributed by atoms with Crippen molar-refractivity contribution in [2.45, 2.75) is 0 Å². The number of nitrogens with zero attached hydrogens (tertiary/aromatic N) is 3. The van der Waals surface area contributed by atoms with Crippen molar-refractivity contribution in [3.05, 3.63) is 57.7 Å². The fourth-order valence-corrected chi connectivity index (χ4v) is 2.79. The highest BCUT2D eigenvalue weighted by atomic mass is 35.5. The molecular weight excluding hydrogens is 385 g/mol. The van der Waals surface area contributed by atoms with E-state index in [1.165, 1.54) is 6.20 Å². The van der Waals surface area contributed by atoms with E-state index in [1.54, 1.807) is 37.4 Å². The van der Waals surface area contributed by atoms with Crippen LogP contribution >= 0.6 is 34.8 Å². The van der Waals surface area contributed by atoms with Crippen LogP contribution in [0.5, 0.6) is 5.75 Å². The molecule has 0 aliphatic carbocycles. The highest BCUT2D eigenvalue weighted by Gasteiger charge is 2.09. The van der Waals surface area contributed by atoms with Gasteiger partial charge in [-0.05, 0) is 30.3 Å². The summed E-state index contributed by atoms with van der Waals surface area (Å²) >= 11 is 18.4. The molecule has 0 saturated carbocycles. The topological polar surface area (TPSA) is 72.0 Å². The Bertz CT molecular complexity index is 886. The Morgan fingerprint density at radius 3 is 2.40 bits per heavy atom. The number of benzene rings is 2. The molecule has 1 aromatic heterocycles. The van der Waals surface area contributed by atoms with Crippen LogP contribution in [0.2, 0.25) is 15.1 Å². The molecule has 128 valence electrons. The van der Waals surface area contributed by atoms with Crippen LogP contribution in [-0.2, 0) is 0 Å². The summed E-state index contributed by atoms with van der Waals surface area (Å²) in [5.41, 5.74) is 1.24. The van der Waals surface area contributed by atoms with Crippen LogP contribution in [-0.4, -0.2) is 22.3 Å². The molecule has 0 spiro atoms. The number of hydrogen-bond acceptors (Lipinski definition) is 6. The third kappa shape index (κ3) is 4.22. The highest BCUT2D eigenvalue weighted by molar-refractivity contribution is 6.39. The quantitative estimate of drug-likeness (QED) is 0.607. The van der Waals surface area contributed by atoms with E-state index in [9.17, 15) is 0 Å². The minimum Gasteiger partial charge on any atom is -0.495 e. The van der Waals surface area contributed by atoms with Crippen molar-refractivity contribution < 1.29 is 4.74 Å². The number of aromatic nitrogens is 3. The van der Waals surface area contributed by atoms with Gasteiger partial charge in [0.25, 0.3) is 0 Å². The van der Waals surface area contributed by atoms with Gasteiger partial charge in [0, 0.05) is 5.69 Å². The van der Waals surface area contributed by atoms with E-state index in [2.05, 4.69) is 25.8 Å². The van der Waals surface area contributed by atoms with Crippen molar-refractivity contribution in [1.29, 1.82) is 0 Å². The van der Waals surface area contributed by atoms with Crippen LogP contribution in [0, 0.1) is 0 Å². The zero-order valence-electron chi connectivity index (χ0n) is 12.9. The summed E-state index contributed by atoms with van der Waals surface area (Å²) in [5.74, 6) is 1.31. The van der Waals surface area contributed by atoms with Crippen LogP contribution < -0.4 is 15.4 Å². The van der Waals surface area contributed by atoms with Gasteiger partial charge >= 0.3 is 0 Å². The first-order valence-electron chi connectivity index (χ1n) is 7.08. The van der Waals surface area contributed by atoms with Gasteiger partial charge in [-0.15, -0.1) is 5.10 Å². The molecule has 3 aromatic rings. The van der Waals surface area contributed by atoms with Gasteiger partial charge in [-0.1, -0.05) is 40.9 Å². The molecule has 0 saturated heterocycles. The van der Waals surface area contributed by atoms with Crippen LogP contribution in [0.1, 0.15) is 0 Å². The minimum atomic E-state index is 0.250. The first-order valence-corrected chi connectivity index (χ1v) is 8.21. The number of anilines is 4. The van der Waals surface area contributed by atoms with E-state index in [0.29, 0.717) is 32.3 Å². The minimum absolute atomic E-state index is 0.250. The van der Waals surface area contributed by atoms with Crippen molar-refractivity contribution in [2.24, 2.45) is 0 Å². The molecule has 2 N–H and O–H groups in total. The van der Waals surface area contributed by atoms with Gasteiger partial charge in [-0.3, -0.25) is 0 Å². The van der Waals surface area contributed by atoms with Gasteiger partial charge < -0.3 is 15.4 Å². The van der Waals surface area contributed by atoms with Gasteiger partial charge in [-0.2, -0.15) is 10.1 Å². The number of rotatable bonds is 5. The average Bonchev–Trinajstić information content (AvgIpc) is 2.59. The first-order chi connectivity index (χ1) is 12.1. The second-order valence-electron chi connectivity index (χ2n) is 4.86. The normalized spacial score (nSPS) is 10.4. The van der Waals surface area contributed by atoms with E-state index in [1.807, 2.05) is 6.07 Å². The number of nitrogens with one attached hydrogen (secondary N) is 2. The molecule has 1 heterocycles. The Balaban J connectivity index is 1.81. The van der Waals surface area contributed by atoms with E-state index < -0.39 is 0 Å². The molecule has 0 aliphatic rings. The van der Waals surface area contributed by atoms with Gasteiger partial charge in [0.2, 0.25) is 5.95 Å². The lowest BCUT2D eigenvalue weighted by Gasteiger charge is -2.10. The third-order valence-corrected chi connectivity index (χ3v) is 4.11. The lowest BCUT2D eigenvalue weighted by atomic mass is 10.3. The van der Waals surface area contributed by atoms with Crippen molar-refractivity contribution >= 4 is 57.9 Å². The molecule has 0 radical (unpaired) electrons. The maximum Gasteiger partial charge on any atom is 0.249 e. The molecule has 0 amide bonds. The summed E-state index contributed by atoms with van der Waals surface area (Å²) in [7, 11) is 1.56. The van der Waals surface area contributed by atoms with E-state index in [-0.39, 0.29) is 5.95 Å². The monoisotopic (exact) mass is 395 g/mol. The third-order valence-electron chi connectivity index (χ3n) is 3.18. The Kier molecular flexibility index (Phi) is 5.43. The largest absolute Gasteiger partial charge is 0.495 e. The van der Waals surface area contributed by atoms with Crippen LogP contribution in [0.25, 0.3) is 0 Å². The van der Waals surface area contributed by atoms with Crippen molar-refractivity contribution in [3.63, 3.8) is 0 Å². The molecule has 6 nitrogen and oxygen atoms in total. The zero-order valence-corrected chi connectivity index (χ0v) is 15.2. The van der Waals surface area contributed by atoms with E-state index >= 15 is 0 Å². The molecule has 0 aliphatic heterocycles. The number of hydrogen-bond donors (Lipinski definition) is 2. The maximum atomic E-state index is 6.13. The lowest BCUT2D eigenvalue weighted by molar-refractivity contribution is 0.415. The summed E-state index contributed by atoms with van der Waals surface area (Å²) in [6, 6.07) is 10.5. The fourth-order valence-electron chi connectivity index (χ4n) is 2.04. The average molecular weight is 397 g/mol. The zero-order chi connectivity index (χ0) is 17.8. The molecule has 0 fully saturated rings. The summed E-state index contributed by atoms with van der Waals surface area (Å²) in [6.07, 6.45) is 1.48. The van der Waals surface area contributed by atoms with Gasteiger partial charge in [0.05, 0.1) is 34.1 Å². The molecule has 9 heteroatoms. The summed E-state index contributed by atoms with van der Waals surface area (Å²) in [4.78, 5) is 4.33. The Morgan fingerprint density at radius 2 is 1.72 bits per heavy atom. The predicted octanol–water partition coefficient (Wildman–Crippen LogP) is 5.33. The lowest BCUT2D eigenvalue weighted by Crippen LogP contribution is -2.03. The smallest absolute Gasteiger partial charge is 0.249 e. The molecule has 0 unspecified atom stereocenters. The van der Waals surface area contributed by atoms with Crippen molar-refractivity contribution in [1.82, 2.24) is 15.2 Å². The second-order valence-corrected chi connectivity index (χ2v) is 6.08. The van der Waals surface area contributed by atoms with Gasteiger partial charge in [0.1, 0.15) is 5.75 Å². The fraction of sp³-hybridized carbons (Fsp3) is 0.0625. The van der Waals surface area contributed by atoms with Gasteiger partial charge in [0.15, 0.2) is 5.82 Å². The number of ether oxygens (including phenoxy) is 1. The van der Waals surface area contributed by atoms with Crippen molar-refractivity contribution in [2.75, 3.05) is 17.7 Å². The van der Waals surface area contributed by atoms with Gasteiger partial charge in [-0.25, -0.2) is 0 Å². The van der Waals surface area contributed by atoms with E-state index in [0.717, 1.165) is 5.69 Å². The number of halogens is 3. The predicted molar refractivity (Wildman–Crippen MR) is 101 cm³/mol. The maximum absolute atomic E-state index is 6.13. The second kappa shape index (κ2) is 7.74. The number of methoxy groups -OCH3 is 1. The Hall–Kier alpha value is -2.28. The molecule has 25 heavy (non-hydrogen) atoms. The summed E-state index contributed by atoms with van der Waals surface area (Å²) in [6.45, 7) is 0. The molecule has 0 bridgehead atoms. The Labute approximate surface area is 159 Å². The summed E-state index contributed by atoms with van der Waals surface area (Å²) in [5, 5.41) is 15.3. The van der Waals surface area contributed by atoms with Crippen LogP contribution in [0.4, 0.5) is 23.1 Å². The molecule has 3 rings (SSSR count). The SMILES string of the molecule is COc1ccc(Nc2cnnc(Nc3c(Cl)cccc3Cl)n2)cc1Cl. The summed E-state index contributed by atoms with van der Waals surface area (Å²) < 4.78 is 5.13. The molecule has 0 atom stereocenters. The van der Waals surface area contributed by atoms with E-state index in [4.69, 9.17) is 39.5 Å². The van der Waals surface area contributed by atoms with Crippen molar-refractivity contribution in [3.8, 4) is 5.75 Å². The number of para-hydroxylation sites is 1. The highest BCUT2D eigenvalue weighted by Crippen LogP contribution is 2.32. The first kappa shape index (κ1) is 17.5. The molecule has 2 aromatic carbocycles. The standard InChI is InChI=1S/C16H12Cl3N5O/c1-25-13-6-5-9(7-12(13)19)21-14-8-20-24-16(22-14)23-15-10(17)3-2-4-11(15)18/h2-8H,1H3,(H2,21,22,23,24). The van der Waals surface area contributed by atoms with Crippen LogP contribution in [0.15, 0.2) is 42.6 Å². The molecular formula is C16H12Cl3N5O. The Morgan fingerprint density at radius 1 is 0.960 bits per heavy atom.